The van der Waals surface area contributed by atoms with Gasteiger partial charge in [-0.05, 0) is 35.4 Å². The molecule has 5 heteroatoms. The maximum Gasteiger partial charge on any atom is 0.164 e. The van der Waals surface area contributed by atoms with Crippen LogP contribution in [0.15, 0.2) is 63.2 Å². The second kappa shape index (κ2) is 7.94. The van der Waals surface area contributed by atoms with Crippen molar-refractivity contribution >= 4 is 45.7 Å². The summed E-state index contributed by atoms with van der Waals surface area (Å²) in [6, 6.07) is 16.8. The van der Waals surface area contributed by atoms with Crippen LogP contribution in [0.3, 0.4) is 0 Å². The number of aromatic nitrogens is 1. The van der Waals surface area contributed by atoms with E-state index in [4.69, 9.17) is 21.0 Å². The van der Waals surface area contributed by atoms with Crippen LogP contribution in [-0.4, -0.2) is 4.98 Å². The van der Waals surface area contributed by atoms with Gasteiger partial charge in [-0.1, -0.05) is 45.0 Å². The fourth-order valence-corrected chi connectivity index (χ4v) is 5.25. The number of nitrogens with zero attached hydrogens (tertiary/aromatic N) is 1. The molecule has 2 aromatic heterocycles. The highest BCUT2D eigenvalue weighted by atomic mass is 35.5. The van der Waals surface area contributed by atoms with Gasteiger partial charge in [0.2, 0.25) is 0 Å². The Hall–Kier alpha value is -1.75. The first-order chi connectivity index (χ1) is 13.4. The molecule has 2 aromatic carbocycles. The molecule has 0 atom stereocenters. The number of halogens is 1. The smallest absolute Gasteiger partial charge is 0.164 e. The highest BCUT2D eigenvalue weighted by molar-refractivity contribution is 7.98. The second-order valence-electron chi connectivity index (χ2n) is 7.80. The fourth-order valence-electron chi connectivity index (χ4n) is 2.94. The van der Waals surface area contributed by atoms with Crippen LogP contribution < -0.4 is 0 Å². The average Bonchev–Trinajstić information content (AvgIpc) is 3.32. The average molecular weight is 428 g/mol. The van der Waals surface area contributed by atoms with Crippen LogP contribution in [0, 0.1) is 0 Å². The molecule has 0 unspecified atom stereocenters. The molecule has 144 valence electrons. The summed E-state index contributed by atoms with van der Waals surface area (Å²) < 4.78 is 6.06. The number of thioether (sulfide) groups is 1. The van der Waals surface area contributed by atoms with Gasteiger partial charge in [0.25, 0.3) is 0 Å². The van der Waals surface area contributed by atoms with Crippen LogP contribution in [0.25, 0.3) is 21.7 Å². The zero-order valence-corrected chi connectivity index (χ0v) is 18.5. The van der Waals surface area contributed by atoms with E-state index in [9.17, 15) is 0 Å². The number of fused-ring (bicyclic) bond motifs is 1. The molecule has 0 fully saturated rings. The van der Waals surface area contributed by atoms with E-state index in [2.05, 4.69) is 68.6 Å². The van der Waals surface area contributed by atoms with Gasteiger partial charge < -0.3 is 4.42 Å². The summed E-state index contributed by atoms with van der Waals surface area (Å²) in [6.45, 7) is 6.53. The highest BCUT2D eigenvalue weighted by Crippen LogP contribution is 2.34. The Labute approximate surface area is 178 Å². The molecule has 4 rings (SSSR count). The standard InChI is InChI=1S/C23H22ClNOS2/c1-23(2,3)21-14-28-22(25-21)19-11-17-10-15(8-9-18(17)26-19)13-27-20-7-5-4-6-16(20)12-24/h4-11,14H,12-13H2,1-3H3. The van der Waals surface area contributed by atoms with Gasteiger partial charge in [0, 0.05) is 32.7 Å². The lowest BCUT2D eigenvalue weighted by Gasteiger charge is -2.13. The third kappa shape index (κ3) is 4.14. The molecule has 0 saturated carbocycles. The van der Waals surface area contributed by atoms with Gasteiger partial charge in [0.05, 0.1) is 5.69 Å². The Kier molecular flexibility index (Phi) is 5.55. The second-order valence-corrected chi connectivity index (χ2v) is 9.94. The van der Waals surface area contributed by atoms with Crippen molar-refractivity contribution in [3.05, 3.63) is 70.7 Å². The van der Waals surface area contributed by atoms with Crippen molar-refractivity contribution in [2.75, 3.05) is 0 Å². The third-order valence-electron chi connectivity index (χ3n) is 4.58. The van der Waals surface area contributed by atoms with Crippen LogP contribution in [-0.2, 0) is 17.0 Å². The maximum atomic E-state index is 6.06. The molecule has 2 heterocycles. The molecular weight excluding hydrogens is 406 g/mol. The molecular formula is C23H22ClNOS2. The van der Waals surface area contributed by atoms with Crippen molar-refractivity contribution in [3.8, 4) is 10.8 Å². The summed E-state index contributed by atoms with van der Waals surface area (Å²) >= 11 is 9.51. The van der Waals surface area contributed by atoms with Crippen LogP contribution >= 0.6 is 34.7 Å². The number of furan rings is 1. The Balaban J connectivity index is 1.56. The number of rotatable bonds is 5. The van der Waals surface area contributed by atoms with Crippen molar-refractivity contribution < 1.29 is 4.42 Å². The summed E-state index contributed by atoms with van der Waals surface area (Å²) in [5.41, 5.74) is 4.49. The van der Waals surface area contributed by atoms with Gasteiger partial charge >= 0.3 is 0 Å². The van der Waals surface area contributed by atoms with E-state index >= 15 is 0 Å². The number of benzene rings is 2. The van der Waals surface area contributed by atoms with Crippen LogP contribution in [0.2, 0.25) is 0 Å². The highest BCUT2D eigenvalue weighted by Gasteiger charge is 2.19. The van der Waals surface area contributed by atoms with Crippen molar-refractivity contribution in [2.24, 2.45) is 0 Å². The zero-order valence-electron chi connectivity index (χ0n) is 16.2. The lowest BCUT2D eigenvalue weighted by Crippen LogP contribution is -2.11. The first-order valence-corrected chi connectivity index (χ1v) is 11.6. The Bertz CT molecular complexity index is 1110. The number of hydrogen-bond donors (Lipinski definition) is 0. The molecule has 0 bridgehead atoms. The fraction of sp³-hybridized carbons (Fsp3) is 0.261. The maximum absolute atomic E-state index is 6.06. The van der Waals surface area contributed by atoms with Gasteiger partial charge in [0.15, 0.2) is 10.8 Å². The van der Waals surface area contributed by atoms with E-state index in [1.165, 1.54) is 16.0 Å². The lowest BCUT2D eigenvalue weighted by molar-refractivity contribution is 0.571. The summed E-state index contributed by atoms with van der Waals surface area (Å²) in [7, 11) is 0. The Morgan fingerprint density at radius 2 is 1.93 bits per heavy atom. The molecule has 2 nitrogen and oxygen atoms in total. The largest absolute Gasteiger partial charge is 0.454 e. The monoisotopic (exact) mass is 427 g/mol. The number of alkyl halides is 1. The molecule has 0 spiro atoms. The molecule has 0 radical (unpaired) electrons. The third-order valence-corrected chi connectivity index (χ3v) is 6.91. The van der Waals surface area contributed by atoms with E-state index in [-0.39, 0.29) is 5.41 Å². The van der Waals surface area contributed by atoms with Crippen molar-refractivity contribution in [3.63, 3.8) is 0 Å². The first-order valence-electron chi connectivity index (χ1n) is 9.19. The lowest BCUT2D eigenvalue weighted by atomic mass is 9.93. The summed E-state index contributed by atoms with van der Waals surface area (Å²) in [5.74, 6) is 2.28. The van der Waals surface area contributed by atoms with Crippen LogP contribution in [0.1, 0.15) is 37.6 Å². The van der Waals surface area contributed by atoms with E-state index in [0.717, 1.165) is 33.2 Å². The molecule has 4 aromatic rings. The van der Waals surface area contributed by atoms with Crippen molar-refractivity contribution in [2.45, 2.75) is 42.7 Å². The Morgan fingerprint density at radius 3 is 2.68 bits per heavy atom. The molecule has 0 saturated heterocycles. The first kappa shape index (κ1) is 19.6. The minimum atomic E-state index is 0.0461. The van der Waals surface area contributed by atoms with Gasteiger partial charge in [-0.3, -0.25) is 0 Å². The minimum Gasteiger partial charge on any atom is -0.454 e. The topological polar surface area (TPSA) is 26.0 Å². The van der Waals surface area contributed by atoms with Gasteiger partial charge in [-0.2, -0.15) is 0 Å². The predicted octanol–water partition coefficient (Wildman–Crippen LogP) is 7.88. The molecule has 0 N–H and O–H groups in total. The van der Waals surface area contributed by atoms with E-state index in [1.54, 1.807) is 11.3 Å². The molecule has 0 aliphatic heterocycles. The van der Waals surface area contributed by atoms with Crippen LogP contribution in [0.5, 0.6) is 0 Å². The van der Waals surface area contributed by atoms with Gasteiger partial charge in [-0.25, -0.2) is 4.98 Å². The Morgan fingerprint density at radius 1 is 1.11 bits per heavy atom. The zero-order chi connectivity index (χ0) is 19.7. The van der Waals surface area contributed by atoms with Gasteiger partial charge in [0.1, 0.15) is 5.58 Å². The molecule has 28 heavy (non-hydrogen) atoms. The SMILES string of the molecule is CC(C)(C)c1csc(-c2cc3cc(CSc4ccccc4CCl)ccc3o2)n1. The quantitative estimate of drug-likeness (QED) is 0.239. The van der Waals surface area contributed by atoms with Crippen molar-refractivity contribution in [1.82, 2.24) is 4.98 Å². The van der Waals surface area contributed by atoms with Crippen molar-refractivity contribution in [1.29, 1.82) is 0 Å². The summed E-state index contributed by atoms with van der Waals surface area (Å²) in [4.78, 5) is 6.01. The number of hydrogen-bond acceptors (Lipinski definition) is 4. The van der Waals surface area contributed by atoms with Crippen LogP contribution in [0.4, 0.5) is 0 Å². The van der Waals surface area contributed by atoms with Gasteiger partial charge in [-0.15, -0.1) is 34.7 Å². The predicted molar refractivity (Wildman–Crippen MR) is 122 cm³/mol. The summed E-state index contributed by atoms with van der Waals surface area (Å²) in [5, 5.41) is 4.18. The molecule has 0 aliphatic carbocycles. The van der Waals surface area contributed by atoms with E-state index < -0.39 is 0 Å². The van der Waals surface area contributed by atoms with E-state index in [1.807, 2.05) is 17.8 Å². The number of thiazole rings is 1. The molecule has 0 aliphatic rings. The van der Waals surface area contributed by atoms with E-state index in [0.29, 0.717) is 5.88 Å². The molecule has 0 amide bonds. The normalized spacial score (nSPS) is 12.0. The minimum absolute atomic E-state index is 0.0461. The summed E-state index contributed by atoms with van der Waals surface area (Å²) in [6.07, 6.45) is 0.